The van der Waals surface area contributed by atoms with Crippen molar-refractivity contribution in [1.82, 2.24) is 14.9 Å². The van der Waals surface area contributed by atoms with Crippen LogP contribution >= 0.6 is 11.3 Å². The van der Waals surface area contributed by atoms with Gasteiger partial charge < -0.3 is 9.64 Å². The van der Waals surface area contributed by atoms with Crippen molar-refractivity contribution in [2.24, 2.45) is 5.92 Å². The van der Waals surface area contributed by atoms with Crippen LogP contribution < -0.4 is 4.74 Å². The second kappa shape index (κ2) is 6.77. The summed E-state index contributed by atoms with van der Waals surface area (Å²) in [6.45, 7) is 2.60. The quantitative estimate of drug-likeness (QED) is 0.733. The average molecular weight is 434 g/mol. The van der Waals surface area contributed by atoms with Gasteiger partial charge in [0.05, 0.1) is 17.2 Å². The van der Waals surface area contributed by atoms with Gasteiger partial charge in [-0.3, -0.25) is 4.79 Å². The maximum atomic E-state index is 12.9. The third kappa shape index (κ3) is 3.06. The van der Waals surface area contributed by atoms with Crippen LogP contribution in [0.2, 0.25) is 0 Å². The molecular formula is C20H23N3O4S2. The number of carbonyl (C=O) groups excluding carboxylic acids is 1. The number of carbonyl (C=O) groups is 1. The monoisotopic (exact) mass is 433 g/mol. The topological polar surface area (TPSA) is 89.5 Å². The third-order valence-corrected chi connectivity index (χ3v) is 10.3. The summed E-state index contributed by atoms with van der Waals surface area (Å²) >= 11 is 1.57. The molecule has 9 heteroatoms. The SMILES string of the molecule is Cc1ccnc(OCC2CCS(=O)(=O)C23CN(C(=O)c2cc4c(s2)CCC4)C3)n1. The zero-order valence-electron chi connectivity index (χ0n) is 16.3. The molecule has 0 bridgehead atoms. The molecule has 7 nitrogen and oxygen atoms in total. The van der Waals surface area contributed by atoms with Gasteiger partial charge >= 0.3 is 6.01 Å². The number of hydrogen-bond donors (Lipinski definition) is 0. The highest BCUT2D eigenvalue weighted by molar-refractivity contribution is 7.93. The first-order chi connectivity index (χ1) is 13.9. The molecule has 154 valence electrons. The smallest absolute Gasteiger partial charge is 0.316 e. The van der Waals surface area contributed by atoms with Gasteiger partial charge in [-0.05, 0) is 50.3 Å². The first-order valence-corrected chi connectivity index (χ1v) is 12.4. The Labute approximate surface area is 174 Å². The van der Waals surface area contributed by atoms with Crippen molar-refractivity contribution in [3.8, 4) is 6.01 Å². The largest absolute Gasteiger partial charge is 0.463 e. The molecule has 1 amide bonds. The lowest BCUT2D eigenvalue weighted by Crippen LogP contribution is -2.68. The van der Waals surface area contributed by atoms with E-state index < -0.39 is 14.6 Å². The highest BCUT2D eigenvalue weighted by Crippen LogP contribution is 2.45. The van der Waals surface area contributed by atoms with E-state index in [0.717, 1.165) is 29.8 Å². The van der Waals surface area contributed by atoms with Crippen molar-refractivity contribution in [3.63, 3.8) is 0 Å². The van der Waals surface area contributed by atoms with Crippen LogP contribution in [0.4, 0.5) is 0 Å². The number of aryl methyl sites for hydroxylation is 3. The molecule has 2 fully saturated rings. The first-order valence-electron chi connectivity index (χ1n) is 9.94. The predicted molar refractivity (Wildman–Crippen MR) is 109 cm³/mol. The molecule has 0 N–H and O–H groups in total. The van der Waals surface area contributed by atoms with Crippen molar-refractivity contribution in [2.75, 3.05) is 25.4 Å². The van der Waals surface area contributed by atoms with Gasteiger partial charge in [0.2, 0.25) is 0 Å². The Balaban J connectivity index is 1.29. The van der Waals surface area contributed by atoms with Crippen molar-refractivity contribution >= 4 is 27.1 Å². The van der Waals surface area contributed by atoms with E-state index in [1.807, 2.05) is 13.0 Å². The minimum Gasteiger partial charge on any atom is -0.463 e. The van der Waals surface area contributed by atoms with Crippen LogP contribution in [0.5, 0.6) is 6.01 Å². The van der Waals surface area contributed by atoms with E-state index in [1.165, 1.54) is 10.4 Å². The molecular weight excluding hydrogens is 410 g/mol. The molecule has 5 rings (SSSR count). The van der Waals surface area contributed by atoms with Gasteiger partial charge in [-0.2, -0.15) is 0 Å². The van der Waals surface area contributed by atoms with Gasteiger partial charge in [0.25, 0.3) is 5.91 Å². The zero-order valence-corrected chi connectivity index (χ0v) is 17.9. The first kappa shape index (κ1) is 19.0. The summed E-state index contributed by atoms with van der Waals surface area (Å²) in [7, 11) is -3.27. The van der Waals surface area contributed by atoms with Gasteiger partial charge in [0.1, 0.15) is 4.75 Å². The number of aromatic nitrogens is 2. The second-order valence-electron chi connectivity index (χ2n) is 8.23. The Bertz CT molecular complexity index is 1050. The summed E-state index contributed by atoms with van der Waals surface area (Å²) in [5, 5.41) is 0. The van der Waals surface area contributed by atoms with Crippen LogP contribution in [0, 0.1) is 12.8 Å². The molecule has 2 aromatic heterocycles. The molecule has 1 aliphatic carbocycles. The Kier molecular flexibility index (Phi) is 4.43. The fourth-order valence-corrected chi connectivity index (χ4v) is 8.33. The molecule has 2 aliphatic heterocycles. The van der Waals surface area contributed by atoms with Gasteiger partial charge in [0, 0.05) is 35.8 Å². The van der Waals surface area contributed by atoms with E-state index in [4.69, 9.17) is 4.74 Å². The molecule has 2 aromatic rings. The fourth-order valence-electron chi connectivity index (χ4n) is 4.71. The molecule has 29 heavy (non-hydrogen) atoms. The minimum atomic E-state index is -3.27. The van der Waals surface area contributed by atoms with E-state index in [1.54, 1.807) is 28.5 Å². The van der Waals surface area contributed by atoms with Gasteiger partial charge in [-0.15, -0.1) is 11.3 Å². The minimum absolute atomic E-state index is 0.0428. The molecule has 0 aromatic carbocycles. The Hall–Kier alpha value is -2.00. The standard InChI is InChI=1S/C20H23N3O4S2/c1-13-5-7-21-19(22-13)27-10-15-6-8-29(25,26)20(15)11-23(12-20)18(24)17-9-14-3-2-4-16(14)28-17/h5,7,9,15H,2-4,6,8,10-12H2,1H3. The number of ether oxygens (including phenoxy) is 1. The van der Waals surface area contributed by atoms with E-state index in [-0.39, 0.29) is 43.3 Å². The van der Waals surface area contributed by atoms with Crippen LogP contribution in [0.3, 0.4) is 0 Å². The molecule has 1 atom stereocenters. The van der Waals surface area contributed by atoms with E-state index in [9.17, 15) is 13.2 Å². The van der Waals surface area contributed by atoms with Gasteiger partial charge in [-0.1, -0.05) is 0 Å². The van der Waals surface area contributed by atoms with Crippen molar-refractivity contribution in [3.05, 3.63) is 39.3 Å². The molecule has 4 heterocycles. The van der Waals surface area contributed by atoms with Crippen LogP contribution in [0.15, 0.2) is 18.3 Å². The van der Waals surface area contributed by atoms with Crippen LogP contribution in [0.1, 0.15) is 38.6 Å². The van der Waals surface area contributed by atoms with Gasteiger partial charge in [0.15, 0.2) is 9.84 Å². The number of rotatable bonds is 4. The highest BCUT2D eigenvalue weighted by atomic mass is 32.2. The Morgan fingerprint density at radius 1 is 1.38 bits per heavy atom. The normalized spacial score (nSPS) is 23.8. The summed E-state index contributed by atoms with van der Waals surface area (Å²) in [4.78, 5) is 24.9. The number of thiophene rings is 1. The predicted octanol–water partition coefficient (Wildman–Crippen LogP) is 2.04. The molecule has 0 saturated carbocycles. The fraction of sp³-hybridized carbons (Fsp3) is 0.550. The van der Waals surface area contributed by atoms with Crippen molar-refractivity contribution in [2.45, 2.75) is 37.4 Å². The third-order valence-electron chi connectivity index (χ3n) is 6.45. The second-order valence-corrected chi connectivity index (χ2v) is 11.8. The highest BCUT2D eigenvalue weighted by Gasteiger charge is 2.62. The number of sulfone groups is 1. The van der Waals surface area contributed by atoms with Crippen LogP contribution in [-0.2, 0) is 22.7 Å². The molecule has 3 aliphatic rings. The maximum absolute atomic E-state index is 12.9. The summed E-state index contributed by atoms with van der Waals surface area (Å²) < 4.78 is 30.5. The molecule has 1 spiro atoms. The van der Waals surface area contributed by atoms with Crippen LogP contribution in [0.25, 0.3) is 0 Å². The summed E-state index contributed by atoms with van der Waals surface area (Å²) in [5.74, 6) is -0.0572. The molecule has 0 radical (unpaired) electrons. The average Bonchev–Trinajstić information content (AvgIpc) is 3.30. The number of nitrogens with zero attached hydrogens (tertiary/aromatic N) is 3. The zero-order chi connectivity index (χ0) is 20.2. The number of hydrogen-bond acceptors (Lipinski definition) is 7. The lowest BCUT2D eigenvalue weighted by Gasteiger charge is -2.49. The van der Waals surface area contributed by atoms with E-state index >= 15 is 0 Å². The summed E-state index contributed by atoms with van der Waals surface area (Å²) in [6.07, 6.45) is 5.42. The number of likely N-dealkylation sites (tertiary alicyclic amines) is 1. The Morgan fingerprint density at radius 3 is 2.97 bits per heavy atom. The molecule has 2 saturated heterocycles. The van der Waals surface area contributed by atoms with E-state index in [0.29, 0.717) is 6.42 Å². The lowest BCUT2D eigenvalue weighted by molar-refractivity contribution is 0.0408. The molecule has 1 unspecified atom stereocenters. The Morgan fingerprint density at radius 2 is 2.21 bits per heavy atom. The van der Waals surface area contributed by atoms with Crippen LogP contribution in [-0.4, -0.2) is 59.4 Å². The maximum Gasteiger partial charge on any atom is 0.316 e. The van der Waals surface area contributed by atoms with Crippen molar-refractivity contribution in [1.29, 1.82) is 0 Å². The number of fused-ring (bicyclic) bond motifs is 1. The van der Waals surface area contributed by atoms with Gasteiger partial charge in [-0.25, -0.2) is 18.4 Å². The van der Waals surface area contributed by atoms with Crippen molar-refractivity contribution < 1.29 is 17.9 Å². The summed E-state index contributed by atoms with van der Waals surface area (Å²) in [6, 6.07) is 4.05. The summed E-state index contributed by atoms with van der Waals surface area (Å²) in [5.41, 5.74) is 2.08. The lowest BCUT2D eigenvalue weighted by atomic mass is 9.83. The number of amides is 1. The van der Waals surface area contributed by atoms with E-state index in [2.05, 4.69) is 9.97 Å².